The Hall–Kier alpha value is -0.770. The molecule has 0 saturated heterocycles. The average molecular weight is 275 g/mol. The lowest BCUT2D eigenvalue weighted by atomic mass is 10.0. The second-order valence-corrected chi connectivity index (χ2v) is 5.49. The maximum Gasteiger partial charge on any atom is 0.248 e. The summed E-state index contributed by atoms with van der Waals surface area (Å²) in [5, 5.41) is 0. The van der Waals surface area contributed by atoms with Gasteiger partial charge in [0, 0.05) is 30.5 Å². The molecule has 1 heterocycles. The van der Waals surface area contributed by atoms with E-state index in [0.29, 0.717) is 18.1 Å². The van der Waals surface area contributed by atoms with Crippen LogP contribution in [0.4, 0.5) is 8.78 Å². The van der Waals surface area contributed by atoms with E-state index < -0.39 is 5.92 Å². The van der Waals surface area contributed by atoms with Gasteiger partial charge >= 0.3 is 0 Å². The van der Waals surface area contributed by atoms with Gasteiger partial charge < -0.3 is 0 Å². The summed E-state index contributed by atoms with van der Waals surface area (Å²) in [5.41, 5.74) is 1.77. The van der Waals surface area contributed by atoms with Crippen LogP contribution in [-0.4, -0.2) is 15.9 Å². The van der Waals surface area contributed by atoms with Gasteiger partial charge in [0.25, 0.3) is 0 Å². The summed E-state index contributed by atoms with van der Waals surface area (Å²) in [7, 11) is 0. The molecule has 0 N–H and O–H groups in total. The number of hydrogen-bond acceptors (Lipinski definition) is 2. The van der Waals surface area contributed by atoms with Gasteiger partial charge in [0.05, 0.1) is 11.6 Å². The highest BCUT2D eigenvalue weighted by molar-refractivity contribution is 6.17. The summed E-state index contributed by atoms with van der Waals surface area (Å²) >= 11 is 5.83. The Morgan fingerprint density at radius 1 is 1.50 bits per heavy atom. The minimum atomic E-state index is -2.56. The molecule has 0 radical (unpaired) electrons. The van der Waals surface area contributed by atoms with Crippen molar-refractivity contribution in [3.8, 4) is 0 Å². The van der Waals surface area contributed by atoms with Crippen LogP contribution in [0.5, 0.6) is 0 Å². The van der Waals surface area contributed by atoms with Crippen LogP contribution in [0.1, 0.15) is 62.0 Å². The van der Waals surface area contributed by atoms with Gasteiger partial charge in [-0.15, -0.1) is 11.6 Å². The highest BCUT2D eigenvalue weighted by Gasteiger charge is 2.41. The van der Waals surface area contributed by atoms with E-state index in [-0.39, 0.29) is 24.7 Å². The number of aromatic nitrogens is 2. The van der Waals surface area contributed by atoms with Crippen molar-refractivity contribution < 1.29 is 8.78 Å². The van der Waals surface area contributed by atoms with Gasteiger partial charge in [-0.3, -0.25) is 0 Å². The molecular formula is C13H17ClF2N2. The fraction of sp³-hybridized carbons (Fsp3) is 0.692. The molecule has 1 saturated carbocycles. The third kappa shape index (κ3) is 2.79. The maximum absolute atomic E-state index is 13.2. The first-order valence-electron chi connectivity index (χ1n) is 6.22. The number of halogens is 3. The number of alkyl halides is 3. The zero-order valence-electron chi connectivity index (χ0n) is 10.6. The lowest BCUT2D eigenvalue weighted by Gasteiger charge is -2.14. The Morgan fingerprint density at radius 3 is 2.72 bits per heavy atom. The Kier molecular flexibility index (Phi) is 3.85. The Morgan fingerprint density at radius 2 is 2.22 bits per heavy atom. The number of rotatable bonds is 3. The molecule has 2 nitrogen and oxygen atoms in total. The molecule has 5 heteroatoms. The molecule has 1 aliphatic carbocycles. The summed E-state index contributed by atoms with van der Waals surface area (Å²) in [5.74, 6) is -1.65. The molecule has 1 aliphatic rings. The first-order valence-corrected chi connectivity index (χ1v) is 6.76. The van der Waals surface area contributed by atoms with Crippen LogP contribution < -0.4 is 0 Å². The monoisotopic (exact) mass is 274 g/mol. The molecule has 1 aromatic heterocycles. The maximum atomic E-state index is 13.2. The van der Waals surface area contributed by atoms with E-state index in [9.17, 15) is 8.78 Å². The van der Waals surface area contributed by atoms with Gasteiger partial charge in [0.1, 0.15) is 5.82 Å². The highest BCUT2D eigenvalue weighted by atomic mass is 35.5. The predicted octanol–water partition coefficient (Wildman–Crippen LogP) is 4.24. The molecule has 0 aliphatic heterocycles. The van der Waals surface area contributed by atoms with Crippen molar-refractivity contribution in [3.05, 3.63) is 23.3 Å². The predicted molar refractivity (Wildman–Crippen MR) is 67.2 cm³/mol. The van der Waals surface area contributed by atoms with Crippen LogP contribution in [0.25, 0.3) is 0 Å². The van der Waals surface area contributed by atoms with Crippen LogP contribution in [0.15, 0.2) is 6.20 Å². The second-order valence-electron chi connectivity index (χ2n) is 5.22. The third-order valence-electron chi connectivity index (χ3n) is 3.38. The van der Waals surface area contributed by atoms with Gasteiger partial charge in [-0.05, 0) is 12.3 Å². The van der Waals surface area contributed by atoms with Crippen LogP contribution >= 0.6 is 11.6 Å². The smallest absolute Gasteiger partial charge is 0.241 e. The highest BCUT2D eigenvalue weighted by Crippen LogP contribution is 2.43. The molecule has 0 amide bonds. The van der Waals surface area contributed by atoms with E-state index in [4.69, 9.17) is 11.6 Å². The SMILES string of the molecule is CC(C)c1nc(C2CCC(F)(F)C2)ncc1CCl. The van der Waals surface area contributed by atoms with E-state index in [2.05, 4.69) is 9.97 Å². The zero-order valence-corrected chi connectivity index (χ0v) is 11.3. The molecular weight excluding hydrogens is 258 g/mol. The van der Waals surface area contributed by atoms with E-state index in [1.165, 1.54) is 0 Å². The van der Waals surface area contributed by atoms with Gasteiger partial charge in [0.2, 0.25) is 5.92 Å². The lowest BCUT2D eigenvalue weighted by molar-refractivity contribution is 0.00753. The summed E-state index contributed by atoms with van der Waals surface area (Å²) in [6.07, 6.45) is 1.95. The fourth-order valence-corrected chi connectivity index (χ4v) is 2.61. The quantitative estimate of drug-likeness (QED) is 0.771. The third-order valence-corrected chi connectivity index (χ3v) is 3.66. The fourth-order valence-electron chi connectivity index (χ4n) is 2.40. The largest absolute Gasteiger partial charge is 0.248 e. The van der Waals surface area contributed by atoms with Gasteiger partial charge in [-0.1, -0.05) is 13.8 Å². The first kappa shape index (κ1) is 13.7. The van der Waals surface area contributed by atoms with Crippen LogP contribution in [0.2, 0.25) is 0 Å². The second kappa shape index (κ2) is 5.08. The number of hydrogen-bond donors (Lipinski definition) is 0. The summed E-state index contributed by atoms with van der Waals surface area (Å²) in [6.45, 7) is 4.04. The summed E-state index contributed by atoms with van der Waals surface area (Å²) in [4.78, 5) is 8.67. The van der Waals surface area contributed by atoms with Crippen molar-refractivity contribution in [3.63, 3.8) is 0 Å². The molecule has 18 heavy (non-hydrogen) atoms. The van der Waals surface area contributed by atoms with E-state index in [0.717, 1.165) is 11.3 Å². The van der Waals surface area contributed by atoms with E-state index in [1.807, 2.05) is 13.8 Å². The van der Waals surface area contributed by atoms with Crippen molar-refractivity contribution >= 4 is 11.6 Å². The zero-order chi connectivity index (χ0) is 13.3. The molecule has 0 spiro atoms. The molecule has 1 fully saturated rings. The van der Waals surface area contributed by atoms with Crippen LogP contribution in [0.3, 0.4) is 0 Å². The van der Waals surface area contributed by atoms with Crippen molar-refractivity contribution in [2.75, 3.05) is 0 Å². The van der Waals surface area contributed by atoms with Crippen molar-refractivity contribution in [2.24, 2.45) is 0 Å². The molecule has 2 rings (SSSR count). The molecule has 0 bridgehead atoms. The van der Waals surface area contributed by atoms with Gasteiger partial charge in [-0.2, -0.15) is 0 Å². The lowest BCUT2D eigenvalue weighted by Crippen LogP contribution is -2.11. The topological polar surface area (TPSA) is 25.8 Å². The van der Waals surface area contributed by atoms with Crippen molar-refractivity contribution in [1.82, 2.24) is 9.97 Å². The van der Waals surface area contributed by atoms with Crippen molar-refractivity contribution in [1.29, 1.82) is 0 Å². The first-order chi connectivity index (χ1) is 8.43. The van der Waals surface area contributed by atoms with Crippen LogP contribution in [0, 0.1) is 0 Å². The van der Waals surface area contributed by atoms with Gasteiger partial charge in [-0.25, -0.2) is 18.7 Å². The molecule has 1 atom stereocenters. The van der Waals surface area contributed by atoms with Crippen molar-refractivity contribution in [2.45, 2.75) is 56.7 Å². The summed E-state index contributed by atoms with van der Waals surface area (Å²) in [6, 6.07) is 0. The molecule has 1 unspecified atom stereocenters. The van der Waals surface area contributed by atoms with E-state index >= 15 is 0 Å². The van der Waals surface area contributed by atoms with Crippen LogP contribution in [-0.2, 0) is 5.88 Å². The minimum Gasteiger partial charge on any atom is -0.241 e. The van der Waals surface area contributed by atoms with Gasteiger partial charge in [0.15, 0.2) is 0 Å². The summed E-state index contributed by atoms with van der Waals surface area (Å²) < 4.78 is 26.4. The standard InChI is InChI=1S/C13H17ClF2N2/c1-8(2)11-10(6-14)7-17-12(18-11)9-3-4-13(15,16)5-9/h7-9H,3-6H2,1-2H3. The van der Waals surface area contributed by atoms with E-state index in [1.54, 1.807) is 6.20 Å². The molecule has 1 aromatic rings. The Balaban J connectivity index is 2.27. The Bertz CT molecular complexity index is 435. The average Bonchev–Trinajstić information content (AvgIpc) is 2.68. The Labute approximate surface area is 111 Å². The number of nitrogens with zero attached hydrogens (tertiary/aromatic N) is 2. The minimum absolute atomic E-state index is 0.0602. The normalized spacial score (nSPS) is 22.7. The molecule has 0 aromatic carbocycles. The molecule has 100 valence electrons.